The Labute approximate surface area is 115 Å². The van der Waals surface area contributed by atoms with Crippen LogP contribution in [0.2, 0.25) is 0 Å². The highest BCUT2D eigenvalue weighted by atomic mass is 16.5. The van der Waals surface area contributed by atoms with Gasteiger partial charge in [-0.3, -0.25) is 0 Å². The second-order valence-electron chi connectivity index (χ2n) is 5.59. The molecule has 3 heteroatoms. The number of hydrogen-bond donors (Lipinski definition) is 1. The summed E-state index contributed by atoms with van der Waals surface area (Å²) in [5.74, 6) is 2.82. The summed E-state index contributed by atoms with van der Waals surface area (Å²) in [6, 6.07) is 6.26. The Hall–Kier alpha value is -1.22. The molecule has 1 aliphatic carbocycles. The summed E-state index contributed by atoms with van der Waals surface area (Å²) in [6.45, 7) is 3.54. The Bertz CT molecular complexity index is 415. The lowest BCUT2D eigenvalue weighted by atomic mass is 10.2. The second kappa shape index (κ2) is 6.29. The number of benzene rings is 1. The van der Waals surface area contributed by atoms with Gasteiger partial charge in [0, 0.05) is 13.0 Å². The van der Waals surface area contributed by atoms with Crippen molar-refractivity contribution < 1.29 is 9.47 Å². The predicted molar refractivity (Wildman–Crippen MR) is 75.7 cm³/mol. The fourth-order valence-electron chi connectivity index (χ4n) is 2.47. The molecule has 0 spiro atoms. The van der Waals surface area contributed by atoms with Crippen LogP contribution in [0.5, 0.6) is 11.5 Å². The largest absolute Gasteiger partial charge is 0.490 e. The second-order valence-corrected chi connectivity index (χ2v) is 5.59. The maximum atomic E-state index is 5.70. The van der Waals surface area contributed by atoms with E-state index in [0.29, 0.717) is 0 Å². The third kappa shape index (κ3) is 3.87. The first kappa shape index (κ1) is 12.8. The van der Waals surface area contributed by atoms with Crippen molar-refractivity contribution in [2.45, 2.75) is 38.6 Å². The molecule has 0 bridgehead atoms. The van der Waals surface area contributed by atoms with Crippen LogP contribution >= 0.6 is 0 Å². The molecule has 2 aliphatic rings. The van der Waals surface area contributed by atoms with Gasteiger partial charge < -0.3 is 14.8 Å². The Morgan fingerprint density at radius 3 is 2.79 bits per heavy atom. The van der Waals surface area contributed by atoms with Gasteiger partial charge in [-0.2, -0.15) is 0 Å². The van der Waals surface area contributed by atoms with E-state index in [2.05, 4.69) is 17.4 Å². The highest BCUT2D eigenvalue weighted by molar-refractivity contribution is 5.43. The summed E-state index contributed by atoms with van der Waals surface area (Å²) in [7, 11) is 0. The summed E-state index contributed by atoms with van der Waals surface area (Å²) in [6.07, 6.45) is 6.58. The fraction of sp³-hybridized carbons (Fsp3) is 0.625. The molecular formula is C16H23NO2. The van der Waals surface area contributed by atoms with Gasteiger partial charge in [0.2, 0.25) is 0 Å². The van der Waals surface area contributed by atoms with Crippen molar-refractivity contribution in [3.8, 4) is 11.5 Å². The Balaban J connectivity index is 1.45. The molecule has 1 N–H and O–H groups in total. The SMILES string of the molecule is c1cc2c(cc1CNCCCC1CC1)OCCCO2. The molecule has 1 heterocycles. The average Bonchev–Trinajstić information content (AvgIpc) is 3.24. The molecule has 1 aromatic rings. The molecule has 0 saturated heterocycles. The maximum Gasteiger partial charge on any atom is 0.161 e. The number of nitrogens with one attached hydrogen (secondary N) is 1. The van der Waals surface area contributed by atoms with Crippen LogP contribution in [0.4, 0.5) is 0 Å². The van der Waals surface area contributed by atoms with Gasteiger partial charge in [-0.15, -0.1) is 0 Å². The van der Waals surface area contributed by atoms with Crippen molar-refractivity contribution in [2.24, 2.45) is 5.92 Å². The first-order valence-corrected chi connectivity index (χ1v) is 7.51. The van der Waals surface area contributed by atoms with Crippen LogP contribution in [-0.4, -0.2) is 19.8 Å². The predicted octanol–water partition coefficient (Wildman–Crippen LogP) is 3.13. The summed E-state index contributed by atoms with van der Waals surface area (Å²) in [5, 5.41) is 3.51. The first-order valence-electron chi connectivity index (χ1n) is 7.51. The quantitative estimate of drug-likeness (QED) is 0.798. The molecule has 19 heavy (non-hydrogen) atoms. The van der Waals surface area contributed by atoms with Crippen LogP contribution in [0.1, 0.15) is 37.7 Å². The van der Waals surface area contributed by atoms with Crippen molar-refractivity contribution in [3.63, 3.8) is 0 Å². The van der Waals surface area contributed by atoms with Crippen molar-refractivity contribution in [2.75, 3.05) is 19.8 Å². The summed E-state index contributed by atoms with van der Waals surface area (Å²) in [4.78, 5) is 0. The van der Waals surface area contributed by atoms with Crippen LogP contribution in [0, 0.1) is 5.92 Å². The smallest absolute Gasteiger partial charge is 0.161 e. The molecule has 0 atom stereocenters. The minimum atomic E-state index is 0.755. The van der Waals surface area contributed by atoms with Crippen molar-refractivity contribution >= 4 is 0 Å². The first-order chi connectivity index (χ1) is 9.42. The number of fused-ring (bicyclic) bond motifs is 1. The van der Waals surface area contributed by atoms with Crippen LogP contribution in [-0.2, 0) is 6.54 Å². The van der Waals surface area contributed by atoms with Gasteiger partial charge in [-0.05, 0) is 43.0 Å². The van der Waals surface area contributed by atoms with E-state index >= 15 is 0 Å². The molecule has 3 nitrogen and oxygen atoms in total. The van der Waals surface area contributed by atoms with Crippen molar-refractivity contribution in [3.05, 3.63) is 23.8 Å². The van der Waals surface area contributed by atoms with Crippen LogP contribution in [0.25, 0.3) is 0 Å². The molecular weight excluding hydrogens is 238 g/mol. The summed E-state index contributed by atoms with van der Waals surface area (Å²) < 4.78 is 11.3. The van der Waals surface area contributed by atoms with Gasteiger partial charge in [0.05, 0.1) is 13.2 Å². The van der Waals surface area contributed by atoms with E-state index in [1.165, 1.54) is 31.2 Å². The third-order valence-electron chi connectivity index (χ3n) is 3.80. The lowest BCUT2D eigenvalue weighted by molar-refractivity contribution is 0.297. The highest BCUT2D eigenvalue weighted by Gasteiger charge is 2.19. The number of rotatable bonds is 6. The number of hydrogen-bond acceptors (Lipinski definition) is 3. The van der Waals surface area contributed by atoms with Gasteiger partial charge in [0.1, 0.15) is 0 Å². The Morgan fingerprint density at radius 1 is 1.11 bits per heavy atom. The molecule has 0 aromatic heterocycles. The normalized spacial score (nSPS) is 18.1. The average molecular weight is 261 g/mol. The lowest BCUT2D eigenvalue weighted by Gasteiger charge is -2.10. The zero-order valence-electron chi connectivity index (χ0n) is 11.5. The molecule has 1 aromatic carbocycles. The summed E-state index contributed by atoms with van der Waals surface area (Å²) in [5.41, 5.74) is 1.27. The molecule has 0 amide bonds. The van der Waals surface area contributed by atoms with Gasteiger partial charge in [0.25, 0.3) is 0 Å². The number of ether oxygens (including phenoxy) is 2. The molecule has 1 fully saturated rings. The van der Waals surface area contributed by atoms with Gasteiger partial charge in [0.15, 0.2) is 11.5 Å². The Kier molecular flexibility index (Phi) is 4.23. The van der Waals surface area contributed by atoms with Crippen LogP contribution in [0.3, 0.4) is 0 Å². The van der Waals surface area contributed by atoms with Crippen LogP contribution in [0.15, 0.2) is 18.2 Å². The van der Waals surface area contributed by atoms with E-state index < -0.39 is 0 Å². The van der Waals surface area contributed by atoms with E-state index in [0.717, 1.165) is 50.1 Å². The molecule has 1 saturated carbocycles. The van der Waals surface area contributed by atoms with E-state index in [-0.39, 0.29) is 0 Å². The van der Waals surface area contributed by atoms with Crippen LogP contribution < -0.4 is 14.8 Å². The van der Waals surface area contributed by atoms with Gasteiger partial charge in [-0.1, -0.05) is 18.9 Å². The monoisotopic (exact) mass is 261 g/mol. The zero-order valence-corrected chi connectivity index (χ0v) is 11.5. The van der Waals surface area contributed by atoms with Gasteiger partial charge >= 0.3 is 0 Å². The molecule has 104 valence electrons. The molecule has 0 unspecified atom stereocenters. The van der Waals surface area contributed by atoms with E-state index in [9.17, 15) is 0 Å². The lowest BCUT2D eigenvalue weighted by Crippen LogP contribution is -2.14. The maximum absolute atomic E-state index is 5.70. The molecule has 0 radical (unpaired) electrons. The topological polar surface area (TPSA) is 30.5 Å². The zero-order chi connectivity index (χ0) is 12.9. The fourth-order valence-corrected chi connectivity index (χ4v) is 2.47. The van der Waals surface area contributed by atoms with E-state index in [4.69, 9.17) is 9.47 Å². The van der Waals surface area contributed by atoms with E-state index in [1.807, 2.05) is 6.07 Å². The standard InChI is InChI=1S/C16H23NO2/c1(3-13-4-5-13)8-17-12-14-6-7-15-16(11-14)19-10-2-9-18-15/h6-7,11,13,17H,1-5,8-10,12H2. The molecule has 1 aliphatic heterocycles. The molecule has 3 rings (SSSR count). The minimum Gasteiger partial charge on any atom is -0.490 e. The minimum absolute atomic E-state index is 0.755. The van der Waals surface area contributed by atoms with Gasteiger partial charge in [-0.25, -0.2) is 0 Å². The van der Waals surface area contributed by atoms with E-state index in [1.54, 1.807) is 0 Å². The van der Waals surface area contributed by atoms with Crippen molar-refractivity contribution in [1.82, 2.24) is 5.32 Å². The highest BCUT2D eigenvalue weighted by Crippen LogP contribution is 2.33. The van der Waals surface area contributed by atoms with Crippen molar-refractivity contribution in [1.29, 1.82) is 0 Å². The summed E-state index contributed by atoms with van der Waals surface area (Å²) >= 11 is 0. The Morgan fingerprint density at radius 2 is 1.95 bits per heavy atom. The third-order valence-corrected chi connectivity index (χ3v) is 3.80.